The first-order valence-electron chi connectivity index (χ1n) is 14.7. The molecule has 0 amide bonds. The number of hydrogen-bond acceptors (Lipinski definition) is 5. The first-order valence-corrected chi connectivity index (χ1v) is 14.7. The van der Waals surface area contributed by atoms with E-state index in [1.54, 1.807) is 12.5 Å². The van der Waals surface area contributed by atoms with Crippen molar-refractivity contribution in [3.05, 3.63) is 128 Å². The predicted molar refractivity (Wildman–Crippen MR) is 178 cm³/mol. The molecule has 0 radical (unpaired) electrons. The summed E-state index contributed by atoms with van der Waals surface area (Å²) in [7, 11) is 0. The highest BCUT2D eigenvalue weighted by atomic mass is 15.0. The third kappa shape index (κ3) is 3.15. The Bertz CT molecular complexity index is 2610. The molecule has 0 fully saturated rings. The third-order valence-electron chi connectivity index (χ3n) is 8.99. The highest BCUT2D eigenvalue weighted by Gasteiger charge is 2.27. The number of pyridine rings is 2. The van der Waals surface area contributed by atoms with Gasteiger partial charge in [0.15, 0.2) is 11.6 Å². The Morgan fingerprint density at radius 3 is 1.82 bits per heavy atom. The van der Waals surface area contributed by atoms with Crippen LogP contribution >= 0.6 is 0 Å². The minimum absolute atomic E-state index is 0.536. The summed E-state index contributed by atoms with van der Waals surface area (Å²) in [6.45, 7) is 0. The van der Waals surface area contributed by atoms with Crippen LogP contribution in [-0.2, 0) is 0 Å². The Morgan fingerprint density at radius 1 is 0.386 bits per heavy atom. The van der Waals surface area contributed by atoms with Gasteiger partial charge in [0.1, 0.15) is 12.0 Å². The zero-order valence-corrected chi connectivity index (χ0v) is 23.4. The lowest BCUT2D eigenvalue weighted by molar-refractivity contribution is 1.06. The van der Waals surface area contributed by atoms with E-state index in [-0.39, 0.29) is 0 Å². The van der Waals surface area contributed by atoms with E-state index in [1.165, 1.54) is 49.2 Å². The van der Waals surface area contributed by atoms with Crippen molar-refractivity contribution in [3.63, 3.8) is 0 Å². The van der Waals surface area contributed by atoms with Crippen LogP contribution in [0.2, 0.25) is 0 Å². The van der Waals surface area contributed by atoms with Crippen LogP contribution in [0.4, 0.5) is 0 Å². The van der Waals surface area contributed by atoms with Gasteiger partial charge in [0.2, 0.25) is 0 Å². The molecule has 1 aliphatic rings. The fourth-order valence-corrected chi connectivity index (χ4v) is 7.12. The van der Waals surface area contributed by atoms with E-state index >= 15 is 0 Å². The SMILES string of the molecule is c1cnc2c(c1)ccc1ccc(-c3ncnc(-c4ccc5c6c(cccc46)-c4c-5c5ccccc5c5ccccc45)n3)nc12. The highest BCUT2D eigenvalue weighted by Crippen LogP contribution is 2.54. The smallest absolute Gasteiger partial charge is 0.181 e. The molecule has 0 atom stereocenters. The van der Waals surface area contributed by atoms with Crippen molar-refractivity contribution in [3.8, 4) is 45.2 Å². The van der Waals surface area contributed by atoms with Crippen LogP contribution in [0.3, 0.4) is 0 Å². The van der Waals surface area contributed by atoms with Crippen LogP contribution in [0.1, 0.15) is 0 Å². The van der Waals surface area contributed by atoms with Crippen molar-refractivity contribution in [1.82, 2.24) is 24.9 Å². The van der Waals surface area contributed by atoms with Gasteiger partial charge in [-0.2, -0.15) is 0 Å². The summed E-state index contributed by atoms with van der Waals surface area (Å²) in [5, 5.41) is 9.56. The van der Waals surface area contributed by atoms with Crippen LogP contribution < -0.4 is 0 Å². The van der Waals surface area contributed by atoms with Gasteiger partial charge in [-0.1, -0.05) is 97.1 Å². The van der Waals surface area contributed by atoms with Gasteiger partial charge in [-0.25, -0.2) is 19.9 Å². The number of fused-ring (bicyclic) bond motifs is 11. The van der Waals surface area contributed by atoms with E-state index < -0.39 is 0 Å². The van der Waals surface area contributed by atoms with Crippen molar-refractivity contribution < 1.29 is 0 Å². The van der Waals surface area contributed by atoms with E-state index in [4.69, 9.17) is 9.97 Å². The van der Waals surface area contributed by atoms with Crippen molar-refractivity contribution in [2.45, 2.75) is 0 Å². The fraction of sp³-hybridized carbons (Fsp3) is 0. The number of hydrogen-bond donors (Lipinski definition) is 0. The summed E-state index contributed by atoms with van der Waals surface area (Å²) in [4.78, 5) is 23.8. The summed E-state index contributed by atoms with van der Waals surface area (Å²) in [6, 6.07) is 40.6. The molecule has 5 nitrogen and oxygen atoms in total. The van der Waals surface area contributed by atoms with Crippen LogP contribution in [0.5, 0.6) is 0 Å². The van der Waals surface area contributed by atoms with Gasteiger partial charge in [0.05, 0.1) is 11.0 Å². The van der Waals surface area contributed by atoms with Gasteiger partial charge in [-0.3, -0.25) is 4.98 Å². The zero-order chi connectivity index (χ0) is 28.8. The molecule has 0 bridgehead atoms. The molecule has 0 spiro atoms. The number of benzene rings is 6. The Kier molecular flexibility index (Phi) is 4.66. The summed E-state index contributed by atoms with van der Waals surface area (Å²) < 4.78 is 0. The third-order valence-corrected chi connectivity index (χ3v) is 8.99. The quantitative estimate of drug-likeness (QED) is 0.197. The summed E-state index contributed by atoms with van der Waals surface area (Å²) in [5.41, 5.74) is 8.48. The molecule has 1 aliphatic carbocycles. The predicted octanol–water partition coefficient (Wildman–Crippen LogP) is 9.41. The molecule has 0 saturated carbocycles. The Morgan fingerprint density at radius 2 is 1.02 bits per heavy atom. The van der Waals surface area contributed by atoms with E-state index in [2.05, 4.69) is 118 Å². The lowest BCUT2D eigenvalue weighted by Crippen LogP contribution is -1.98. The molecule has 3 aromatic heterocycles. The maximum Gasteiger partial charge on any atom is 0.181 e. The van der Waals surface area contributed by atoms with E-state index in [0.29, 0.717) is 17.3 Å². The van der Waals surface area contributed by atoms with E-state index in [0.717, 1.165) is 32.8 Å². The van der Waals surface area contributed by atoms with Crippen LogP contribution in [0, 0.1) is 0 Å². The van der Waals surface area contributed by atoms with Gasteiger partial charge in [-0.05, 0) is 72.8 Å². The Labute approximate surface area is 251 Å². The number of rotatable bonds is 2. The molecule has 10 rings (SSSR count). The molecule has 44 heavy (non-hydrogen) atoms. The topological polar surface area (TPSA) is 64.5 Å². The van der Waals surface area contributed by atoms with E-state index in [1.807, 2.05) is 12.1 Å². The summed E-state index contributed by atoms with van der Waals surface area (Å²) in [5.74, 6) is 1.16. The normalized spacial score (nSPS) is 12.1. The average molecular weight is 560 g/mol. The van der Waals surface area contributed by atoms with E-state index in [9.17, 15) is 0 Å². The van der Waals surface area contributed by atoms with Crippen molar-refractivity contribution in [2.75, 3.05) is 0 Å². The van der Waals surface area contributed by atoms with Gasteiger partial charge < -0.3 is 0 Å². The van der Waals surface area contributed by atoms with Crippen molar-refractivity contribution in [1.29, 1.82) is 0 Å². The second kappa shape index (κ2) is 8.72. The second-order valence-corrected chi connectivity index (χ2v) is 11.3. The molecule has 0 saturated heterocycles. The lowest BCUT2D eigenvalue weighted by atomic mass is 9.90. The molecular formula is C39H21N5. The van der Waals surface area contributed by atoms with Crippen LogP contribution in [-0.4, -0.2) is 24.9 Å². The molecule has 0 aliphatic heterocycles. The van der Waals surface area contributed by atoms with Crippen molar-refractivity contribution >= 4 is 54.1 Å². The Balaban J connectivity index is 1.19. The van der Waals surface area contributed by atoms with Crippen LogP contribution in [0.25, 0.3) is 99.3 Å². The largest absolute Gasteiger partial charge is 0.254 e. The molecule has 5 heteroatoms. The highest BCUT2D eigenvalue weighted by molar-refractivity contribution is 6.31. The maximum atomic E-state index is 4.98. The monoisotopic (exact) mass is 559 g/mol. The molecule has 202 valence electrons. The van der Waals surface area contributed by atoms with Gasteiger partial charge in [0, 0.05) is 22.5 Å². The lowest BCUT2D eigenvalue weighted by Gasteiger charge is -2.13. The first kappa shape index (κ1) is 23.5. The molecular weight excluding hydrogens is 538 g/mol. The molecule has 6 aromatic carbocycles. The standard InChI is InChI=1S/C39H21N5/c1-3-10-26-24(8-1)25-9-2-4-11-27(25)35-31-18-17-29(28-12-5-13-30(33(28)31)34(26)35)38-41-21-42-39(44-38)32-19-16-23-15-14-22-7-6-20-40-36(22)37(23)43-32/h1-21H. The molecule has 0 unspecified atom stereocenters. The number of nitrogens with zero attached hydrogens (tertiary/aromatic N) is 5. The summed E-state index contributed by atoms with van der Waals surface area (Å²) >= 11 is 0. The Hall–Kier alpha value is -6.07. The maximum absolute atomic E-state index is 4.98. The zero-order valence-electron chi connectivity index (χ0n) is 23.4. The van der Waals surface area contributed by atoms with Crippen molar-refractivity contribution in [2.24, 2.45) is 0 Å². The molecule has 3 heterocycles. The molecule has 0 N–H and O–H groups in total. The van der Waals surface area contributed by atoms with Gasteiger partial charge >= 0.3 is 0 Å². The molecule has 9 aromatic rings. The fourth-order valence-electron chi connectivity index (χ4n) is 7.12. The second-order valence-electron chi connectivity index (χ2n) is 11.3. The minimum Gasteiger partial charge on any atom is -0.254 e. The average Bonchev–Trinajstić information content (AvgIpc) is 3.44. The van der Waals surface area contributed by atoms with Crippen LogP contribution in [0.15, 0.2) is 128 Å². The van der Waals surface area contributed by atoms with Gasteiger partial charge in [0.25, 0.3) is 0 Å². The first-order chi connectivity index (χ1) is 21.8. The number of aromatic nitrogens is 5. The van der Waals surface area contributed by atoms with Gasteiger partial charge in [-0.15, -0.1) is 0 Å². The summed E-state index contributed by atoms with van der Waals surface area (Å²) in [6.07, 6.45) is 3.39. The minimum atomic E-state index is 0.536.